The molecular formula is C31H35F2N3O2. The fourth-order valence-electron chi connectivity index (χ4n) is 5.94. The molecule has 1 heterocycles. The first-order chi connectivity index (χ1) is 18.0. The van der Waals surface area contributed by atoms with Gasteiger partial charge in [0.1, 0.15) is 11.6 Å². The second-order valence-electron chi connectivity index (χ2n) is 11.4. The Morgan fingerprint density at radius 3 is 2.61 bits per heavy atom. The van der Waals surface area contributed by atoms with Crippen molar-refractivity contribution in [3.8, 4) is 5.69 Å². The van der Waals surface area contributed by atoms with Crippen LogP contribution in [0.5, 0.6) is 0 Å². The molecule has 2 aliphatic rings. The Kier molecular flexibility index (Phi) is 6.76. The van der Waals surface area contributed by atoms with Gasteiger partial charge in [0.15, 0.2) is 0 Å². The zero-order valence-corrected chi connectivity index (χ0v) is 22.4. The quantitative estimate of drug-likeness (QED) is 0.401. The average Bonchev–Trinajstić information content (AvgIpc) is 3.39. The average molecular weight is 520 g/mol. The van der Waals surface area contributed by atoms with Crippen molar-refractivity contribution in [2.24, 2.45) is 11.3 Å². The lowest BCUT2D eigenvalue weighted by molar-refractivity contribution is -0.0462. The fourth-order valence-corrected chi connectivity index (χ4v) is 5.94. The second-order valence-corrected chi connectivity index (χ2v) is 11.4. The van der Waals surface area contributed by atoms with Crippen LogP contribution >= 0.6 is 0 Å². The summed E-state index contributed by atoms with van der Waals surface area (Å²) >= 11 is 0. The summed E-state index contributed by atoms with van der Waals surface area (Å²) in [5, 5.41) is 19.5. The summed E-state index contributed by atoms with van der Waals surface area (Å²) in [6.45, 7) is 8.02. The lowest BCUT2D eigenvalue weighted by Gasteiger charge is -2.42. The smallest absolute Gasteiger partial charge is 0.254 e. The largest absolute Gasteiger partial charge is 0.389 e. The number of carbonyl (C=O) groups is 1. The van der Waals surface area contributed by atoms with Gasteiger partial charge in [-0.05, 0) is 92.5 Å². The topological polar surface area (TPSA) is 67.2 Å². The standard InChI is InChI=1S/C31H35F2N3O2/c1-19(2)20(3)35-29(37)28-21(6-5-7-26(28)33)12-14-31(38)15-13-23-16-27-22(17-30(23,31)4)18-34-36(27)25-10-8-24(32)9-11-25/h5-11,16,18-20,38H,12-15,17H2,1-4H3,(H,35,37)/t20-,30+,31+/m1/s1. The van der Waals surface area contributed by atoms with Crippen LogP contribution in [0.25, 0.3) is 11.8 Å². The number of amides is 1. The Morgan fingerprint density at radius 1 is 1.16 bits per heavy atom. The van der Waals surface area contributed by atoms with Crippen LogP contribution in [0.1, 0.15) is 74.1 Å². The molecule has 2 aromatic carbocycles. The van der Waals surface area contributed by atoms with Crippen LogP contribution in [-0.4, -0.2) is 32.4 Å². The first-order valence-corrected chi connectivity index (χ1v) is 13.4. The minimum atomic E-state index is -1.01. The SMILES string of the molecule is CC(C)[C@@H](C)NC(=O)c1c(F)cccc1CC[C@]1(O)CCC2=Cc3c(cnn3-c3ccc(F)cc3)C[C@@]21C. The molecule has 1 fully saturated rings. The number of hydrogen-bond donors (Lipinski definition) is 2. The van der Waals surface area contributed by atoms with Crippen molar-refractivity contribution >= 4 is 12.0 Å². The third-order valence-electron chi connectivity index (χ3n) is 8.85. The summed E-state index contributed by atoms with van der Waals surface area (Å²) in [5.74, 6) is -1.03. The van der Waals surface area contributed by atoms with E-state index in [1.54, 1.807) is 24.3 Å². The van der Waals surface area contributed by atoms with Crippen molar-refractivity contribution < 1.29 is 18.7 Å². The summed E-state index contributed by atoms with van der Waals surface area (Å²) in [6, 6.07) is 10.9. The maximum Gasteiger partial charge on any atom is 0.254 e. The van der Waals surface area contributed by atoms with E-state index < -0.39 is 22.7 Å². The van der Waals surface area contributed by atoms with Gasteiger partial charge >= 0.3 is 0 Å². The van der Waals surface area contributed by atoms with E-state index in [1.165, 1.54) is 18.2 Å². The highest BCUT2D eigenvalue weighted by Gasteiger charge is 2.54. The van der Waals surface area contributed by atoms with E-state index in [1.807, 2.05) is 31.6 Å². The predicted octanol–water partition coefficient (Wildman–Crippen LogP) is 6.03. The maximum atomic E-state index is 14.9. The van der Waals surface area contributed by atoms with Gasteiger partial charge in [-0.15, -0.1) is 0 Å². The highest BCUT2D eigenvalue weighted by atomic mass is 19.1. The van der Waals surface area contributed by atoms with Gasteiger partial charge in [0.05, 0.1) is 28.7 Å². The Morgan fingerprint density at radius 2 is 1.89 bits per heavy atom. The van der Waals surface area contributed by atoms with E-state index in [0.717, 1.165) is 28.9 Å². The molecule has 0 unspecified atom stereocenters. The van der Waals surface area contributed by atoms with Gasteiger partial charge in [-0.25, -0.2) is 13.5 Å². The van der Waals surface area contributed by atoms with Gasteiger partial charge in [0.25, 0.3) is 5.91 Å². The van der Waals surface area contributed by atoms with Crippen molar-refractivity contribution in [3.05, 3.63) is 88.3 Å². The number of aromatic nitrogens is 2. The molecule has 0 bridgehead atoms. The summed E-state index contributed by atoms with van der Waals surface area (Å²) in [5.41, 5.74) is 3.07. The summed E-state index contributed by atoms with van der Waals surface area (Å²) in [7, 11) is 0. The third-order valence-corrected chi connectivity index (χ3v) is 8.85. The fraction of sp³-hybridized carbons (Fsp3) is 0.419. The van der Waals surface area contributed by atoms with E-state index in [9.17, 15) is 18.7 Å². The molecule has 5 nitrogen and oxygen atoms in total. The first kappa shape index (κ1) is 26.3. The molecular weight excluding hydrogens is 484 g/mol. The van der Waals surface area contributed by atoms with Gasteiger partial charge in [0.2, 0.25) is 0 Å². The number of fused-ring (bicyclic) bond motifs is 2. The number of halogens is 2. The van der Waals surface area contributed by atoms with Crippen molar-refractivity contribution in [3.63, 3.8) is 0 Å². The molecule has 5 rings (SSSR count). The summed E-state index contributed by atoms with van der Waals surface area (Å²) < 4.78 is 30.1. The van der Waals surface area contributed by atoms with Gasteiger partial charge in [-0.1, -0.05) is 38.5 Å². The molecule has 0 radical (unpaired) electrons. The minimum Gasteiger partial charge on any atom is -0.389 e. The van der Waals surface area contributed by atoms with Crippen LogP contribution in [0.3, 0.4) is 0 Å². The zero-order chi connectivity index (χ0) is 27.2. The van der Waals surface area contributed by atoms with Gasteiger partial charge in [0, 0.05) is 11.5 Å². The van der Waals surface area contributed by atoms with Crippen LogP contribution in [0.15, 0.2) is 54.2 Å². The van der Waals surface area contributed by atoms with Crippen LogP contribution in [0.4, 0.5) is 8.78 Å². The number of nitrogens with zero attached hydrogens (tertiary/aromatic N) is 2. The van der Waals surface area contributed by atoms with Gasteiger partial charge < -0.3 is 10.4 Å². The van der Waals surface area contributed by atoms with Crippen molar-refractivity contribution in [1.82, 2.24) is 15.1 Å². The van der Waals surface area contributed by atoms with Crippen molar-refractivity contribution in [1.29, 1.82) is 0 Å². The van der Waals surface area contributed by atoms with Crippen molar-refractivity contribution in [2.45, 2.75) is 71.4 Å². The third kappa shape index (κ3) is 4.47. The lowest BCUT2D eigenvalue weighted by Crippen LogP contribution is -2.45. The highest BCUT2D eigenvalue weighted by molar-refractivity contribution is 5.96. The van der Waals surface area contributed by atoms with E-state index in [-0.39, 0.29) is 23.3 Å². The molecule has 0 saturated heterocycles. The highest BCUT2D eigenvalue weighted by Crippen LogP contribution is 2.56. The molecule has 1 amide bonds. The Labute approximate surface area is 222 Å². The molecule has 0 spiro atoms. The Bertz CT molecular complexity index is 1390. The lowest BCUT2D eigenvalue weighted by atomic mass is 9.65. The van der Waals surface area contributed by atoms with Crippen LogP contribution in [-0.2, 0) is 12.8 Å². The Balaban J connectivity index is 1.39. The van der Waals surface area contributed by atoms with E-state index in [2.05, 4.69) is 23.4 Å². The molecule has 200 valence electrons. The van der Waals surface area contributed by atoms with Crippen LogP contribution in [0.2, 0.25) is 0 Å². The summed E-state index contributed by atoms with van der Waals surface area (Å²) in [4.78, 5) is 13.0. The maximum absolute atomic E-state index is 14.9. The normalized spacial score (nSPS) is 23.1. The molecule has 1 saturated carbocycles. The van der Waals surface area contributed by atoms with Gasteiger partial charge in [-0.3, -0.25) is 4.79 Å². The molecule has 0 aliphatic heterocycles. The number of aliphatic hydroxyl groups is 1. The number of aryl methyl sites for hydroxylation is 1. The number of benzene rings is 2. The molecule has 2 aliphatic carbocycles. The summed E-state index contributed by atoms with van der Waals surface area (Å²) in [6.07, 6.45) is 6.67. The van der Waals surface area contributed by atoms with Crippen LogP contribution < -0.4 is 5.32 Å². The van der Waals surface area contributed by atoms with E-state index in [0.29, 0.717) is 31.2 Å². The monoisotopic (exact) mass is 519 g/mol. The molecule has 2 N–H and O–H groups in total. The minimum absolute atomic E-state index is 0.0639. The number of carbonyl (C=O) groups excluding carboxylic acids is 1. The number of hydrogen-bond acceptors (Lipinski definition) is 3. The van der Waals surface area contributed by atoms with Crippen LogP contribution in [0, 0.1) is 23.0 Å². The number of rotatable bonds is 7. The molecule has 3 aromatic rings. The van der Waals surface area contributed by atoms with E-state index >= 15 is 0 Å². The molecule has 1 aromatic heterocycles. The molecule has 7 heteroatoms. The number of nitrogens with one attached hydrogen (secondary N) is 1. The zero-order valence-electron chi connectivity index (χ0n) is 22.4. The predicted molar refractivity (Wildman–Crippen MR) is 144 cm³/mol. The van der Waals surface area contributed by atoms with E-state index in [4.69, 9.17) is 0 Å². The molecule has 3 atom stereocenters. The van der Waals surface area contributed by atoms with Crippen molar-refractivity contribution in [2.75, 3.05) is 0 Å². The molecule has 38 heavy (non-hydrogen) atoms. The first-order valence-electron chi connectivity index (χ1n) is 13.4. The second kappa shape index (κ2) is 9.77. The Hall–Kier alpha value is -3.32. The van der Waals surface area contributed by atoms with Gasteiger partial charge in [-0.2, -0.15) is 5.10 Å².